The van der Waals surface area contributed by atoms with Crippen LogP contribution in [0.1, 0.15) is 37.7 Å². The third-order valence-corrected chi connectivity index (χ3v) is 6.68. The van der Waals surface area contributed by atoms with Crippen molar-refractivity contribution < 1.29 is 9.53 Å². The van der Waals surface area contributed by atoms with Gasteiger partial charge in [0.15, 0.2) is 0 Å². The number of rotatable bonds is 4. The highest BCUT2D eigenvalue weighted by atomic mass is 35.5. The van der Waals surface area contributed by atoms with Crippen LogP contribution >= 0.6 is 11.6 Å². The lowest BCUT2D eigenvalue weighted by Gasteiger charge is -2.37. The topological polar surface area (TPSA) is 32.8 Å². The Labute approximate surface area is 161 Å². The number of piperidine rings is 1. The molecule has 3 heterocycles. The van der Waals surface area contributed by atoms with Gasteiger partial charge in [-0.1, -0.05) is 23.7 Å². The van der Waals surface area contributed by atoms with Crippen LogP contribution in [-0.4, -0.2) is 54.6 Å². The lowest BCUT2D eigenvalue weighted by molar-refractivity contribution is -0.137. The molecule has 0 saturated carbocycles. The standard InChI is InChI=1S/C21H29ClN2O2/c22-19-5-3-16(4-6-19)14-24-10-1-2-20(24)21(25)23-11-7-17(8-12-23)18-9-13-26-15-18/h3-6,17-18,20H,1-2,7-15H2. The SMILES string of the molecule is O=C(C1CCCN1Cc1ccc(Cl)cc1)N1CCC(C2CCOC2)CC1. The zero-order valence-corrected chi connectivity index (χ0v) is 16.2. The fourth-order valence-electron chi connectivity index (χ4n) is 4.85. The highest BCUT2D eigenvalue weighted by Crippen LogP contribution is 2.32. The number of hydrogen-bond acceptors (Lipinski definition) is 3. The van der Waals surface area contributed by atoms with Gasteiger partial charge in [0.1, 0.15) is 0 Å². The van der Waals surface area contributed by atoms with E-state index in [1.54, 1.807) is 0 Å². The van der Waals surface area contributed by atoms with E-state index in [1.807, 2.05) is 12.1 Å². The van der Waals surface area contributed by atoms with E-state index in [-0.39, 0.29) is 6.04 Å². The Morgan fingerprint density at radius 2 is 1.81 bits per heavy atom. The molecule has 0 spiro atoms. The molecule has 3 fully saturated rings. The Morgan fingerprint density at radius 3 is 2.50 bits per heavy atom. The van der Waals surface area contributed by atoms with Crippen LogP contribution in [-0.2, 0) is 16.1 Å². The van der Waals surface area contributed by atoms with Crippen LogP contribution in [0.4, 0.5) is 0 Å². The number of likely N-dealkylation sites (tertiary alicyclic amines) is 2. The summed E-state index contributed by atoms with van der Waals surface area (Å²) < 4.78 is 5.55. The van der Waals surface area contributed by atoms with Gasteiger partial charge < -0.3 is 9.64 Å². The van der Waals surface area contributed by atoms with Crippen LogP contribution in [0.25, 0.3) is 0 Å². The van der Waals surface area contributed by atoms with E-state index in [2.05, 4.69) is 21.9 Å². The van der Waals surface area contributed by atoms with Crippen molar-refractivity contribution in [1.82, 2.24) is 9.80 Å². The molecule has 0 bridgehead atoms. The van der Waals surface area contributed by atoms with Crippen molar-refractivity contribution in [3.05, 3.63) is 34.9 Å². The minimum Gasteiger partial charge on any atom is -0.381 e. The number of benzene rings is 1. The third-order valence-electron chi connectivity index (χ3n) is 6.43. The van der Waals surface area contributed by atoms with Gasteiger partial charge in [0, 0.05) is 37.9 Å². The summed E-state index contributed by atoms with van der Waals surface area (Å²) in [5.74, 6) is 1.81. The fourth-order valence-corrected chi connectivity index (χ4v) is 4.97. The third kappa shape index (κ3) is 4.08. The summed E-state index contributed by atoms with van der Waals surface area (Å²) in [5, 5.41) is 0.762. The average Bonchev–Trinajstić information content (AvgIpc) is 3.35. The van der Waals surface area contributed by atoms with Crippen LogP contribution in [0.2, 0.25) is 5.02 Å². The highest BCUT2D eigenvalue weighted by Gasteiger charge is 2.36. The molecular weight excluding hydrogens is 348 g/mol. The Hall–Kier alpha value is -1.10. The van der Waals surface area contributed by atoms with E-state index < -0.39 is 0 Å². The van der Waals surface area contributed by atoms with Gasteiger partial charge >= 0.3 is 0 Å². The maximum absolute atomic E-state index is 13.1. The second kappa shape index (κ2) is 8.28. The van der Waals surface area contributed by atoms with Gasteiger partial charge in [-0.25, -0.2) is 0 Å². The van der Waals surface area contributed by atoms with Gasteiger partial charge in [0.25, 0.3) is 0 Å². The Kier molecular flexibility index (Phi) is 5.82. The monoisotopic (exact) mass is 376 g/mol. The molecule has 4 nitrogen and oxygen atoms in total. The zero-order chi connectivity index (χ0) is 17.9. The van der Waals surface area contributed by atoms with Gasteiger partial charge in [-0.2, -0.15) is 0 Å². The molecule has 0 radical (unpaired) electrons. The van der Waals surface area contributed by atoms with Crippen molar-refractivity contribution in [1.29, 1.82) is 0 Å². The summed E-state index contributed by atoms with van der Waals surface area (Å²) in [5.41, 5.74) is 1.23. The summed E-state index contributed by atoms with van der Waals surface area (Å²) >= 11 is 5.99. The lowest BCUT2D eigenvalue weighted by atomic mass is 9.84. The van der Waals surface area contributed by atoms with Gasteiger partial charge in [-0.05, 0) is 68.2 Å². The summed E-state index contributed by atoms with van der Waals surface area (Å²) in [4.78, 5) is 17.6. The Balaban J connectivity index is 1.32. The Bertz CT molecular complexity index is 607. The highest BCUT2D eigenvalue weighted by molar-refractivity contribution is 6.30. The van der Waals surface area contributed by atoms with E-state index in [0.29, 0.717) is 5.91 Å². The molecule has 1 aromatic rings. The molecule has 0 N–H and O–H groups in total. The first-order valence-electron chi connectivity index (χ1n) is 10.1. The summed E-state index contributed by atoms with van der Waals surface area (Å²) in [6.45, 7) is 5.54. The van der Waals surface area contributed by atoms with Crippen molar-refractivity contribution in [3.8, 4) is 0 Å². The predicted octanol–water partition coefficient (Wildman–Crippen LogP) is 3.58. The number of carbonyl (C=O) groups is 1. The molecule has 1 amide bonds. The molecule has 3 aliphatic heterocycles. The van der Waals surface area contributed by atoms with E-state index >= 15 is 0 Å². The summed E-state index contributed by atoms with van der Waals surface area (Å²) in [6.07, 6.45) is 5.59. The number of hydrogen-bond donors (Lipinski definition) is 0. The maximum Gasteiger partial charge on any atom is 0.239 e. The zero-order valence-electron chi connectivity index (χ0n) is 15.4. The molecule has 3 saturated heterocycles. The first-order chi connectivity index (χ1) is 12.7. The van der Waals surface area contributed by atoms with E-state index in [4.69, 9.17) is 16.3 Å². The molecule has 0 aliphatic carbocycles. The van der Waals surface area contributed by atoms with Crippen molar-refractivity contribution >= 4 is 17.5 Å². The normalized spacial score (nSPS) is 28.0. The number of nitrogens with zero attached hydrogens (tertiary/aromatic N) is 2. The van der Waals surface area contributed by atoms with E-state index in [9.17, 15) is 4.79 Å². The second-order valence-electron chi connectivity index (χ2n) is 8.04. The molecule has 3 aliphatic rings. The molecule has 2 atom stereocenters. The molecule has 1 aromatic carbocycles. The van der Waals surface area contributed by atoms with Crippen molar-refractivity contribution in [2.75, 3.05) is 32.8 Å². The largest absolute Gasteiger partial charge is 0.381 e. The molecule has 4 rings (SSSR count). The Morgan fingerprint density at radius 1 is 1.04 bits per heavy atom. The minimum absolute atomic E-state index is 0.0528. The molecular formula is C21H29ClN2O2. The lowest BCUT2D eigenvalue weighted by Crippen LogP contribution is -2.48. The number of ether oxygens (including phenoxy) is 1. The molecule has 26 heavy (non-hydrogen) atoms. The van der Waals surface area contributed by atoms with Crippen molar-refractivity contribution in [2.45, 2.75) is 44.7 Å². The number of halogens is 1. The van der Waals surface area contributed by atoms with Crippen molar-refractivity contribution in [3.63, 3.8) is 0 Å². The number of carbonyl (C=O) groups excluding carboxylic acids is 1. The van der Waals surface area contributed by atoms with Crippen LogP contribution < -0.4 is 0 Å². The molecule has 0 aromatic heterocycles. The van der Waals surface area contributed by atoms with Gasteiger partial charge in [-0.3, -0.25) is 9.69 Å². The van der Waals surface area contributed by atoms with Crippen LogP contribution in [0.5, 0.6) is 0 Å². The molecule has 2 unspecified atom stereocenters. The molecule has 5 heteroatoms. The van der Waals surface area contributed by atoms with E-state index in [0.717, 1.165) is 81.9 Å². The van der Waals surface area contributed by atoms with Crippen LogP contribution in [0.3, 0.4) is 0 Å². The molecule has 142 valence electrons. The van der Waals surface area contributed by atoms with Crippen molar-refractivity contribution in [2.24, 2.45) is 11.8 Å². The van der Waals surface area contributed by atoms with Crippen LogP contribution in [0, 0.1) is 11.8 Å². The van der Waals surface area contributed by atoms with Gasteiger partial charge in [0.05, 0.1) is 6.04 Å². The summed E-state index contributed by atoms with van der Waals surface area (Å²) in [6, 6.07) is 8.05. The second-order valence-corrected chi connectivity index (χ2v) is 8.48. The fraction of sp³-hybridized carbons (Fsp3) is 0.667. The van der Waals surface area contributed by atoms with E-state index in [1.165, 1.54) is 12.0 Å². The average molecular weight is 377 g/mol. The quantitative estimate of drug-likeness (QED) is 0.805. The number of amides is 1. The minimum atomic E-state index is 0.0528. The maximum atomic E-state index is 13.1. The summed E-state index contributed by atoms with van der Waals surface area (Å²) in [7, 11) is 0. The van der Waals surface area contributed by atoms with Crippen LogP contribution in [0.15, 0.2) is 24.3 Å². The van der Waals surface area contributed by atoms with Gasteiger partial charge in [-0.15, -0.1) is 0 Å². The first kappa shape index (κ1) is 18.3. The van der Waals surface area contributed by atoms with Gasteiger partial charge in [0.2, 0.25) is 5.91 Å². The predicted molar refractivity (Wildman–Crippen MR) is 103 cm³/mol. The smallest absolute Gasteiger partial charge is 0.239 e. The first-order valence-corrected chi connectivity index (χ1v) is 10.4.